The van der Waals surface area contributed by atoms with Crippen LogP contribution in [0.25, 0.3) is 0 Å². The van der Waals surface area contributed by atoms with Gasteiger partial charge in [0.15, 0.2) is 0 Å². The van der Waals surface area contributed by atoms with E-state index in [1.807, 2.05) is 61.5 Å². The summed E-state index contributed by atoms with van der Waals surface area (Å²) in [6, 6.07) is 22.6. The van der Waals surface area contributed by atoms with Gasteiger partial charge in [-0.1, -0.05) is 72.3 Å². The third-order valence-corrected chi connectivity index (χ3v) is 6.57. The Morgan fingerprint density at radius 1 is 0.971 bits per heavy atom. The van der Waals surface area contributed by atoms with Crippen LogP contribution >= 0.6 is 23.4 Å². The zero-order chi connectivity index (χ0) is 24.3. The normalized spacial score (nSPS) is 11.6. The lowest BCUT2D eigenvalue weighted by Gasteiger charge is -2.31. The van der Waals surface area contributed by atoms with Crippen molar-refractivity contribution in [1.29, 1.82) is 0 Å². The maximum absolute atomic E-state index is 14.5. The van der Waals surface area contributed by atoms with Crippen molar-refractivity contribution < 1.29 is 14.0 Å². The summed E-state index contributed by atoms with van der Waals surface area (Å²) in [4.78, 5) is 28.0. The molecular formula is C27H28ClFN2O2S. The van der Waals surface area contributed by atoms with Crippen LogP contribution in [-0.2, 0) is 28.3 Å². The highest BCUT2D eigenvalue weighted by Crippen LogP contribution is 2.20. The van der Waals surface area contributed by atoms with Crippen molar-refractivity contribution in [1.82, 2.24) is 10.2 Å². The number of hydrogen-bond acceptors (Lipinski definition) is 3. The molecule has 1 atom stereocenters. The Morgan fingerprint density at radius 3 is 2.32 bits per heavy atom. The van der Waals surface area contributed by atoms with Gasteiger partial charge in [0.1, 0.15) is 11.9 Å². The predicted octanol–water partition coefficient (Wildman–Crippen LogP) is 5.49. The molecule has 0 aromatic heterocycles. The second-order valence-corrected chi connectivity index (χ2v) is 9.25. The Bertz CT molecular complexity index is 1080. The standard InChI is InChI=1S/C27H28ClFN2O2S/c1-2-30-27(33)25(16-20-8-4-3-5-9-20)31(17-22-10-6-7-11-24(22)29)26(32)19-34-18-21-12-14-23(28)15-13-21/h3-15,25H,2,16-19H2,1H3,(H,30,33). The van der Waals surface area contributed by atoms with E-state index in [1.54, 1.807) is 18.2 Å². The molecule has 0 aliphatic heterocycles. The summed E-state index contributed by atoms with van der Waals surface area (Å²) in [5.74, 6) is -0.0699. The lowest BCUT2D eigenvalue weighted by atomic mass is 10.0. The van der Waals surface area contributed by atoms with Gasteiger partial charge in [-0.15, -0.1) is 11.8 Å². The molecule has 34 heavy (non-hydrogen) atoms. The van der Waals surface area contributed by atoms with Crippen molar-refractivity contribution in [2.75, 3.05) is 12.3 Å². The molecule has 4 nitrogen and oxygen atoms in total. The van der Waals surface area contributed by atoms with Crippen LogP contribution in [-0.4, -0.2) is 35.1 Å². The average Bonchev–Trinajstić information content (AvgIpc) is 2.84. The Balaban J connectivity index is 1.82. The van der Waals surface area contributed by atoms with E-state index in [-0.39, 0.29) is 24.1 Å². The summed E-state index contributed by atoms with van der Waals surface area (Å²) in [5.41, 5.74) is 2.35. The largest absolute Gasteiger partial charge is 0.355 e. The van der Waals surface area contributed by atoms with E-state index < -0.39 is 11.9 Å². The Hall–Kier alpha value is -2.83. The van der Waals surface area contributed by atoms with Gasteiger partial charge in [0.25, 0.3) is 0 Å². The minimum atomic E-state index is -0.759. The number of likely N-dealkylation sites (N-methyl/N-ethyl adjacent to an activating group) is 1. The van der Waals surface area contributed by atoms with Crippen LogP contribution in [0.3, 0.4) is 0 Å². The van der Waals surface area contributed by atoms with E-state index in [9.17, 15) is 14.0 Å². The van der Waals surface area contributed by atoms with Crippen LogP contribution < -0.4 is 5.32 Å². The van der Waals surface area contributed by atoms with Gasteiger partial charge in [-0.25, -0.2) is 4.39 Å². The third-order valence-electron chi connectivity index (χ3n) is 5.33. The quantitative estimate of drug-likeness (QED) is 0.380. The fourth-order valence-electron chi connectivity index (χ4n) is 3.58. The molecule has 0 saturated heterocycles. The molecule has 1 N–H and O–H groups in total. The van der Waals surface area contributed by atoms with E-state index in [0.29, 0.717) is 29.3 Å². The van der Waals surface area contributed by atoms with Gasteiger partial charge in [-0.05, 0) is 36.2 Å². The molecule has 0 aliphatic rings. The maximum atomic E-state index is 14.5. The van der Waals surface area contributed by atoms with Gasteiger partial charge >= 0.3 is 0 Å². The smallest absolute Gasteiger partial charge is 0.243 e. The molecule has 0 saturated carbocycles. The zero-order valence-corrected chi connectivity index (χ0v) is 20.6. The van der Waals surface area contributed by atoms with Crippen LogP contribution in [0.5, 0.6) is 0 Å². The topological polar surface area (TPSA) is 49.4 Å². The molecule has 178 valence electrons. The summed E-state index contributed by atoms with van der Waals surface area (Å²) in [6.45, 7) is 2.29. The van der Waals surface area contributed by atoms with Crippen molar-refractivity contribution in [3.8, 4) is 0 Å². The van der Waals surface area contributed by atoms with Crippen LogP contribution in [0.4, 0.5) is 4.39 Å². The van der Waals surface area contributed by atoms with E-state index in [4.69, 9.17) is 11.6 Å². The number of rotatable bonds is 11. The first-order valence-electron chi connectivity index (χ1n) is 11.1. The number of carbonyl (C=O) groups is 2. The summed E-state index contributed by atoms with van der Waals surface area (Å²) in [6.07, 6.45) is 0.342. The highest BCUT2D eigenvalue weighted by molar-refractivity contribution is 7.99. The molecule has 3 rings (SSSR count). The first-order chi connectivity index (χ1) is 16.5. The molecule has 0 heterocycles. The highest BCUT2D eigenvalue weighted by atomic mass is 35.5. The average molecular weight is 499 g/mol. The van der Waals surface area contributed by atoms with Crippen molar-refractivity contribution in [3.05, 3.63) is 106 Å². The number of nitrogens with zero attached hydrogens (tertiary/aromatic N) is 1. The summed E-state index contributed by atoms with van der Waals surface area (Å²) in [7, 11) is 0. The summed E-state index contributed by atoms with van der Waals surface area (Å²) >= 11 is 7.40. The van der Waals surface area contributed by atoms with Gasteiger partial charge in [0.2, 0.25) is 11.8 Å². The fraction of sp³-hybridized carbons (Fsp3) is 0.259. The van der Waals surface area contributed by atoms with Crippen LogP contribution in [0, 0.1) is 5.82 Å². The molecule has 3 aromatic rings. The Labute approximate surface area is 209 Å². The van der Waals surface area contributed by atoms with Crippen LogP contribution in [0.1, 0.15) is 23.6 Å². The SMILES string of the molecule is CCNC(=O)C(Cc1ccccc1)N(Cc1ccccc1F)C(=O)CSCc1ccc(Cl)cc1. The zero-order valence-electron chi connectivity index (χ0n) is 19.0. The van der Waals surface area contributed by atoms with Crippen molar-refractivity contribution in [2.24, 2.45) is 0 Å². The molecule has 0 radical (unpaired) electrons. The summed E-state index contributed by atoms with van der Waals surface area (Å²) in [5, 5.41) is 3.50. The molecule has 1 unspecified atom stereocenters. The van der Waals surface area contributed by atoms with Crippen LogP contribution in [0.2, 0.25) is 5.02 Å². The first kappa shape index (κ1) is 25.8. The molecule has 0 bridgehead atoms. The number of halogens is 2. The fourth-order valence-corrected chi connectivity index (χ4v) is 4.57. The van der Waals surface area contributed by atoms with Crippen LogP contribution in [0.15, 0.2) is 78.9 Å². The lowest BCUT2D eigenvalue weighted by molar-refractivity contribution is -0.139. The van der Waals surface area contributed by atoms with Gasteiger partial charge in [-0.3, -0.25) is 9.59 Å². The van der Waals surface area contributed by atoms with Crippen molar-refractivity contribution >= 4 is 35.2 Å². The van der Waals surface area contributed by atoms with Crippen molar-refractivity contribution in [2.45, 2.75) is 31.7 Å². The van der Waals surface area contributed by atoms with Gasteiger partial charge in [0.05, 0.1) is 5.75 Å². The number of thioether (sulfide) groups is 1. The predicted molar refractivity (Wildman–Crippen MR) is 137 cm³/mol. The number of amides is 2. The van der Waals surface area contributed by atoms with E-state index in [0.717, 1.165) is 11.1 Å². The molecule has 0 spiro atoms. The second kappa shape index (κ2) is 13.2. The minimum absolute atomic E-state index is 0.0155. The molecular weight excluding hydrogens is 471 g/mol. The van der Waals surface area contributed by atoms with E-state index in [1.165, 1.54) is 22.7 Å². The monoisotopic (exact) mass is 498 g/mol. The number of nitrogens with one attached hydrogen (secondary N) is 1. The van der Waals surface area contributed by atoms with Gasteiger partial charge in [-0.2, -0.15) is 0 Å². The molecule has 0 aliphatic carbocycles. The minimum Gasteiger partial charge on any atom is -0.355 e. The summed E-state index contributed by atoms with van der Waals surface area (Å²) < 4.78 is 14.5. The Morgan fingerprint density at radius 2 is 1.65 bits per heavy atom. The van der Waals surface area contributed by atoms with Gasteiger partial charge < -0.3 is 10.2 Å². The van der Waals surface area contributed by atoms with Gasteiger partial charge in [0, 0.05) is 35.8 Å². The molecule has 2 amide bonds. The lowest BCUT2D eigenvalue weighted by Crippen LogP contribution is -2.51. The third kappa shape index (κ3) is 7.61. The molecule has 3 aromatic carbocycles. The van der Waals surface area contributed by atoms with E-state index in [2.05, 4.69) is 5.32 Å². The second-order valence-electron chi connectivity index (χ2n) is 7.83. The number of carbonyl (C=O) groups excluding carboxylic acids is 2. The number of hydrogen-bond donors (Lipinski definition) is 1. The molecule has 7 heteroatoms. The number of benzene rings is 3. The van der Waals surface area contributed by atoms with Crippen molar-refractivity contribution in [3.63, 3.8) is 0 Å². The first-order valence-corrected chi connectivity index (χ1v) is 12.7. The maximum Gasteiger partial charge on any atom is 0.243 e. The molecule has 0 fully saturated rings. The Kier molecular flexibility index (Phi) is 9.98. The van der Waals surface area contributed by atoms with E-state index >= 15 is 0 Å². The highest BCUT2D eigenvalue weighted by Gasteiger charge is 2.30.